The van der Waals surface area contributed by atoms with Crippen molar-refractivity contribution in [2.75, 3.05) is 21.0 Å². The molecule has 1 fully saturated rings. The molecule has 0 spiro atoms. The van der Waals surface area contributed by atoms with Crippen LogP contribution in [0.4, 0.5) is 0 Å². The van der Waals surface area contributed by atoms with Crippen molar-refractivity contribution in [3.63, 3.8) is 0 Å². The van der Waals surface area contributed by atoms with Crippen molar-refractivity contribution < 1.29 is 28.2 Å². The summed E-state index contributed by atoms with van der Waals surface area (Å²) < 4.78 is 22.9. The summed E-state index contributed by atoms with van der Waals surface area (Å²) in [4.78, 5) is 24.8. The Balaban J connectivity index is 2.46. The van der Waals surface area contributed by atoms with E-state index in [1.54, 1.807) is 13.2 Å². The zero-order chi connectivity index (χ0) is 20.6. The van der Waals surface area contributed by atoms with Crippen LogP contribution >= 0.6 is 0 Å². The molecular formula is C20H34O6Si. The Morgan fingerprint density at radius 3 is 2.44 bits per heavy atom. The van der Waals surface area contributed by atoms with Crippen LogP contribution in [0, 0.1) is 11.3 Å². The molecule has 2 aliphatic rings. The molecule has 27 heavy (non-hydrogen) atoms. The standard InChI is InChI=1S/C20H34O6Si/c1-19(2,3)27(7,8)26-17-16(25-12-23-5)10-14(18(22)24-6)15-9-13(21)11-20(15,17)4/h9,14,16-17H,10-12H2,1-8H3/t14-,16+,17-,20-/m0/s1. The molecule has 6 nitrogen and oxygen atoms in total. The molecule has 0 saturated heterocycles. The summed E-state index contributed by atoms with van der Waals surface area (Å²) in [7, 11) is 0.806. The molecule has 0 bridgehead atoms. The first kappa shape index (κ1) is 22.3. The van der Waals surface area contributed by atoms with Gasteiger partial charge in [-0.05, 0) is 36.2 Å². The monoisotopic (exact) mass is 398 g/mol. The summed E-state index contributed by atoms with van der Waals surface area (Å²) in [5, 5.41) is 0.0147. The maximum absolute atomic E-state index is 12.4. The summed E-state index contributed by atoms with van der Waals surface area (Å²) in [5.41, 5.74) is 0.239. The highest BCUT2D eigenvalue weighted by Gasteiger charge is 2.57. The molecule has 7 heteroatoms. The predicted octanol–water partition coefficient (Wildman–Crippen LogP) is 3.46. The second-order valence-corrected chi connectivity index (χ2v) is 14.1. The lowest BCUT2D eigenvalue weighted by atomic mass is 9.65. The molecule has 0 unspecified atom stereocenters. The van der Waals surface area contributed by atoms with E-state index >= 15 is 0 Å². The van der Waals surface area contributed by atoms with Crippen molar-refractivity contribution in [1.29, 1.82) is 0 Å². The van der Waals surface area contributed by atoms with Crippen molar-refractivity contribution in [3.05, 3.63) is 11.6 Å². The molecule has 0 aromatic heterocycles. The molecule has 0 aromatic carbocycles. The quantitative estimate of drug-likeness (QED) is 0.388. The Kier molecular flexibility index (Phi) is 6.41. The van der Waals surface area contributed by atoms with Gasteiger partial charge in [-0.15, -0.1) is 0 Å². The van der Waals surface area contributed by atoms with Crippen LogP contribution in [-0.4, -0.2) is 53.3 Å². The zero-order valence-corrected chi connectivity index (χ0v) is 18.9. The molecule has 0 N–H and O–H groups in total. The van der Waals surface area contributed by atoms with E-state index < -0.39 is 19.7 Å². The molecule has 0 aromatic rings. The highest BCUT2D eigenvalue weighted by atomic mass is 28.4. The highest BCUT2D eigenvalue weighted by molar-refractivity contribution is 6.74. The maximum atomic E-state index is 12.4. The normalized spacial score (nSPS) is 31.5. The lowest BCUT2D eigenvalue weighted by molar-refractivity contribution is -0.164. The second kappa shape index (κ2) is 7.77. The van der Waals surface area contributed by atoms with Crippen molar-refractivity contribution in [1.82, 2.24) is 0 Å². The summed E-state index contributed by atoms with van der Waals surface area (Å²) in [6.45, 7) is 13.1. The van der Waals surface area contributed by atoms with Gasteiger partial charge in [-0.25, -0.2) is 0 Å². The average molecular weight is 399 g/mol. The van der Waals surface area contributed by atoms with Gasteiger partial charge in [-0.3, -0.25) is 9.59 Å². The summed E-state index contributed by atoms with van der Waals surface area (Å²) in [5.74, 6) is -0.802. The van der Waals surface area contributed by atoms with E-state index in [0.717, 1.165) is 5.57 Å². The largest absolute Gasteiger partial charge is 0.469 e. The van der Waals surface area contributed by atoms with Crippen molar-refractivity contribution >= 4 is 20.1 Å². The van der Waals surface area contributed by atoms with Crippen LogP contribution in [0.25, 0.3) is 0 Å². The van der Waals surface area contributed by atoms with E-state index in [1.165, 1.54) is 7.11 Å². The lowest BCUT2D eigenvalue weighted by Crippen LogP contribution is -2.57. The average Bonchev–Trinajstić information content (AvgIpc) is 2.87. The van der Waals surface area contributed by atoms with Gasteiger partial charge in [0.15, 0.2) is 14.1 Å². The number of carbonyl (C=O) groups is 2. The lowest BCUT2D eigenvalue weighted by Gasteiger charge is -2.51. The van der Waals surface area contributed by atoms with E-state index in [2.05, 4.69) is 33.9 Å². The van der Waals surface area contributed by atoms with E-state index in [9.17, 15) is 9.59 Å². The summed E-state index contributed by atoms with van der Waals surface area (Å²) in [6, 6.07) is 0. The van der Waals surface area contributed by atoms with Gasteiger partial charge < -0.3 is 18.6 Å². The third kappa shape index (κ3) is 4.21. The van der Waals surface area contributed by atoms with Crippen LogP contribution in [-0.2, 0) is 28.2 Å². The van der Waals surface area contributed by atoms with Gasteiger partial charge in [0.2, 0.25) is 0 Å². The van der Waals surface area contributed by atoms with E-state index in [1.807, 2.05) is 6.92 Å². The van der Waals surface area contributed by atoms with Crippen LogP contribution in [0.2, 0.25) is 18.1 Å². The number of hydrogen-bond donors (Lipinski definition) is 0. The van der Waals surface area contributed by atoms with E-state index in [0.29, 0.717) is 12.8 Å². The first-order valence-corrected chi connectivity index (χ1v) is 12.4. The van der Waals surface area contributed by atoms with Crippen LogP contribution in [0.5, 0.6) is 0 Å². The first-order valence-electron chi connectivity index (χ1n) is 9.48. The van der Waals surface area contributed by atoms with Gasteiger partial charge in [0.25, 0.3) is 0 Å². The molecule has 4 atom stereocenters. The molecular weight excluding hydrogens is 364 g/mol. The predicted molar refractivity (Wildman–Crippen MR) is 105 cm³/mol. The van der Waals surface area contributed by atoms with Crippen LogP contribution < -0.4 is 0 Å². The fourth-order valence-corrected chi connectivity index (χ4v) is 5.29. The Morgan fingerprint density at radius 2 is 1.93 bits per heavy atom. The number of methoxy groups -OCH3 is 2. The fourth-order valence-electron chi connectivity index (χ4n) is 3.89. The van der Waals surface area contributed by atoms with Gasteiger partial charge in [-0.2, -0.15) is 0 Å². The molecule has 0 radical (unpaired) electrons. The number of esters is 1. The van der Waals surface area contributed by atoms with Crippen molar-refractivity contribution in [3.8, 4) is 0 Å². The molecule has 1 saturated carbocycles. The number of allylic oxidation sites excluding steroid dienone is 1. The van der Waals surface area contributed by atoms with E-state index in [-0.39, 0.29) is 35.8 Å². The van der Waals surface area contributed by atoms with Crippen LogP contribution in [0.3, 0.4) is 0 Å². The number of ether oxygens (including phenoxy) is 3. The Labute approximate surface area is 163 Å². The summed E-state index contributed by atoms with van der Waals surface area (Å²) >= 11 is 0. The Bertz CT molecular complexity index is 620. The Hall–Kier alpha value is -1.02. The minimum absolute atomic E-state index is 0.0147. The highest BCUT2D eigenvalue weighted by Crippen LogP contribution is 2.54. The number of rotatable bonds is 6. The van der Waals surface area contributed by atoms with E-state index in [4.69, 9.17) is 18.6 Å². The third-order valence-electron chi connectivity index (χ3n) is 6.44. The van der Waals surface area contributed by atoms with Crippen LogP contribution in [0.15, 0.2) is 11.6 Å². The first-order chi connectivity index (χ1) is 12.4. The number of ketones is 1. The van der Waals surface area contributed by atoms with Crippen LogP contribution in [0.1, 0.15) is 40.5 Å². The molecule has 0 heterocycles. The number of fused-ring (bicyclic) bond motifs is 1. The van der Waals surface area contributed by atoms with Gasteiger partial charge in [0.1, 0.15) is 6.79 Å². The molecule has 0 aliphatic heterocycles. The van der Waals surface area contributed by atoms with Gasteiger partial charge in [0.05, 0.1) is 25.2 Å². The molecule has 2 aliphatic carbocycles. The smallest absolute Gasteiger partial charge is 0.312 e. The minimum atomic E-state index is -2.14. The third-order valence-corrected chi connectivity index (χ3v) is 10.9. The topological polar surface area (TPSA) is 71.1 Å². The number of carbonyl (C=O) groups excluding carboxylic acids is 2. The Morgan fingerprint density at radius 1 is 1.30 bits per heavy atom. The van der Waals surface area contributed by atoms with Gasteiger partial charge in [0, 0.05) is 18.9 Å². The fraction of sp³-hybridized carbons (Fsp3) is 0.800. The zero-order valence-electron chi connectivity index (χ0n) is 17.9. The second-order valence-electron chi connectivity index (χ2n) is 9.38. The van der Waals surface area contributed by atoms with Gasteiger partial charge >= 0.3 is 5.97 Å². The summed E-state index contributed by atoms with van der Waals surface area (Å²) in [6.07, 6.45) is 1.70. The maximum Gasteiger partial charge on any atom is 0.312 e. The SMILES string of the molecule is COCO[C@@H]1C[C@H](C(=O)OC)C2=CC(=O)C[C@]2(C)[C@H]1O[Si](C)(C)C(C)(C)C. The molecule has 2 rings (SSSR count). The molecule has 0 amide bonds. The van der Waals surface area contributed by atoms with Crippen molar-refractivity contribution in [2.24, 2.45) is 11.3 Å². The molecule has 154 valence electrons. The number of hydrogen-bond acceptors (Lipinski definition) is 6. The van der Waals surface area contributed by atoms with Crippen molar-refractivity contribution in [2.45, 2.75) is 70.9 Å². The van der Waals surface area contributed by atoms with Gasteiger partial charge in [-0.1, -0.05) is 27.7 Å². The minimum Gasteiger partial charge on any atom is -0.469 e.